The van der Waals surface area contributed by atoms with E-state index in [0.717, 1.165) is 0 Å². The molecule has 6 heteroatoms. The highest BCUT2D eigenvalue weighted by molar-refractivity contribution is 5.82. The zero-order valence-corrected chi connectivity index (χ0v) is 11.9. The van der Waals surface area contributed by atoms with Crippen LogP contribution in [0.3, 0.4) is 0 Å². The average Bonchev–Trinajstić information content (AvgIpc) is 2.26. The Morgan fingerprint density at radius 1 is 1.53 bits per heavy atom. The van der Waals surface area contributed by atoms with E-state index in [4.69, 9.17) is 9.47 Å². The number of carbonyl (C=O) groups excluding carboxylic acids is 2. The molecular weight excluding hydrogens is 250 g/mol. The van der Waals surface area contributed by atoms with E-state index in [1.807, 2.05) is 0 Å². The summed E-state index contributed by atoms with van der Waals surface area (Å²) in [5.74, 6) is -0.615. The van der Waals surface area contributed by atoms with Gasteiger partial charge in [-0.2, -0.15) is 0 Å². The third-order valence-corrected chi connectivity index (χ3v) is 2.87. The van der Waals surface area contributed by atoms with Crippen LogP contribution in [0.25, 0.3) is 0 Å². The summed E-state index contributed by atoms with van der Waals surface area (Å²) in [6, 6.07) is -0.578. The van der Waals surface area contributed by atoms with Gasteiger partial charge in [-0.3, -0.25) is 4.79 Å². The van der Waals surface area contributed by atoms with E-state index >= 15 is 0 Å². The lowest BCUT2D eigenvalue weighted by atomic mass is 9.91. The Kier molecular flexibility index (Phi) is 5.31. The van der Waals surface area contributed by atoms with E-state index in [1.165, 1.54) is 0 Å². The maximum Gasteiger partial charge on any atom is 0.407 e. The molecule has 110 valence electrons. The molecule has 0 aromatic rings. The normalized spacial score (nSPS) is 23.6. The lowest BCUT2D eigenvalue weighted by Crippen LogP contribution is -2.50. The predicted octanol–water partition coefficient (Wildman–Crippen LogP) is 0.866. The second kappa shape index (κ2) is 6.34. The lowest BCUT2D eigenvalue weighted by molar-refractivity contribution is -0.136. The molecule has 0 aliphatic carbocycles. The van der Waals surface area contributed by atoms with Crippen molar-refractivity contribution in [3.05, 3.63) is 0 Å². The number of Topliss-reactive ketones (excluding diaryl/α,β-unsaturated/α-hetero) is 1. The maximum absolute atomic E-state index is 11.7. The number of aliphatic hydroxyl groups is 1. The number of rotatable bonds is 3. The largest absolute Gasteiger partial charge is 0.444 e. The van der Waals surface area contributed by atoms with E-state index in [1.54, 1.807) is 27.7 Å². The summed E-state index contributed by atoms with van der Waals surface area (Å²) in [7, 11) is 0. The summed E-state index contributed by atoms with van der Waals surface area (Å²) in [5.41, 5.74) is -0.599. The molecule has 1 aliphatic rings. The molecule has 0 aromatic carbocycles. The quantitative estimate of drug-likeness (QED) is 0.797. The van der Waals surface area contributed by atoms with Crippen LogP contribution in [0.1, 0.15) is 34.1 Å². The first kappa shape index (κ1) is 15.9. The van der Waals surface area contributed by atoms with Gasteiger partial charge in [0.2, 0.25) is 0 Å². The second-order valence-corrected chi connectivity index (χ2v) is 5.82. The molecule has 6 nitrogen and oxygen atoms in total. The zero-order valence-electron chi connectivity index (χ0n) is 11.9. The molecule has 0 spiro atoms. The van der Waals surface area contributed by atoms with Crippen molar-refractivity contribution in [3.8, 4) is 0 Å². The molecule has 1 rings (SSSR count). The van der Waals surface area contributed by atoms with Gasteiger partial charge in [0, 0.05) is 6.42 Å². The zero-order chi connectivity index (χ0) is 14.6. The SMILES string of the molecule is C[C@H](NC(=O)OC(C)(C)C)C(O)C1COCCC1=O. The number of hydrogen-bond donors (Lipinski definition) is 2. The minimum atomic E-state index is -0.972. The molecule has 1 amide bonds. The van der Waals surface area contributed by atoms with Crippen LogP contribution in [-0.4, -0.2) is 47.9 Å². The number of nitrogens with one attached hydrogen (secondary N) is 1. The third kappa shape index (κ3) is 5.16. The first-order chi connectivity index (χ1) is 8.70. The fourth-order valence-corrected chi connectivity index (χ4v) is 1.88. The van der Waals surface area contributed by atoms with Crippen LogP contribution in [0.5, 0.6) is 0 Å². The smallest absolute Gasteiger partial charge is 0.407 e. The van der Waals surface area contributed by atoms with Gasteiger partial charge in [0.15, 0.2) is 0 Å². The van der Waals surface area contributed by atoms with Crippen molar-refractivity contribution in [3.63, 3.8) is 0 Å². The molecule has 0 aromatic heterocycles. The van der Waals surface area contributed by atoms with Crippen LogP contribution in [0.2, 0.25) is 0 Å². The number of hydrogen-bond acceptors (Lipinski definition) is 5. The Hall–Kier alpha value is -1.14. The van der Waals surface area contributed by atoms with E-state index in [0.29, 0.717) is 13.0 Å². The fraction of sp³-hybridized carbons (Fsp3) is 0.846. The van der Waals surface area contributed by atoms with Crippen molar-refractivity contribution >= 4 is 11.9 Å². The van der Waals surface area contributed by atoms with E-state index in [9.17, 15) is 14.7 Å². The Morgan fingerprint density at radius 2 is 2.16 bits per heavy atom. The second-order valence-electron chi connectivity index (χ2n) is 5.82. The highest BCUT2D eigenvalue weighted by Crippen LogP contribution is 2.17. The van der Waals surface area contributed by atoms with E-state index < -0.39 is 29.8 Å². The molecule has 2 N–H and O–H groups in total. The minimum Gasteiger partial charge on any atom is -0.444 e. The molecule has 0 bridgehead atoms. The molecule has 1 aliphatic heterocycles. The molecule has 1 fully saturated rings. The number of aliphatic hydroxyl groups excluding tert-OH is 1. The van der Waals surface area contributed by atoms with Crippen LogP contribution in [0.4, 0.5) is 4.79 Å². The first-order valence-electron chi connectivity index (χ1n) is 6.49. The maximum atomic E-state index is 11.7. The third-order valence-electron chi connectivity index (χ3n) is 2.87. The van der Waals surface area contributed by atoms with Crippen LogP contribution in [0.15, 0.2) is 0 Å². The Morgan fingerprint density at radius 3 is 2.68 bits per heavy atom. The van der Waals surface area contributed by atoms with Crippen molar-refractivity contribution in [1.29, 1.82) is 0 Å². The van der Waals surface area contributed by atoms with Crippen molar-refractivity contribution in [1.82, 2.24) is 5.32 Å². The molecule has 1 heterocycles. The molecule has 1 saturated heterocycles. The van der Waals surface area contributed by atoms with Crippen molar-refractivity contribution in [2.24, 2.45) is 5.92 Å². The molecule has 0 saturated carbocycles. The Labute approximate surface area is 113 Å². The van der Waals surface area contributed by atoms with Crippen molar-refractivity contribution in [2.45, 2.75) is 51.9 Å². The van der Waals surface area contributed by atoms with Gasteiger partial charge in [-0.05, 0) is 27.7 Å². The first-order valence-corrected chi connectivity index (χ1v) is 6.49. The minimum absolute atomic E-state index is 0.0309. The van der Waals surface area contributed by atoms with Crippen molar-refractivity contribution in [2.75, 3.05) is 13.2 Å². The molecule has 2 unspecified atom stereocenters. The highest BCUT2D eigenvalue weighted by Gasteiger charge is 2.34. The number of ether oxygens (including phenoxy) is 2. The summed E-state index contributed by atoms with van der Waals surface area (Å²) in [6.07, 6.45) is -1.27. The Balaban J connectivity index is 2.50. The van der Waals surface area contributed by atoms with Gasteiger partial charge >= 0.3 is 6.09 Å². The summed E-state index contributed by atoms with van der Waals surface area (Å²) in [6.45, 7) is 7.50. The van der Waals surface area contributed by atoms with Gasteiger partial charge in [-0.25, -0.2) is 4.79 Å². The van der Waals surface area contributed by atoms with E-state index in [2.05, 4.69) is 5.32 Å². The highest BCUT2D eigenvalue weighted by atomic mass is 16.6. The summed E-state index contributed by atoms with van der Waals surface area (Å²) in [5, 5.41) is 12.6. The van der Waals surface area contributed by atoms with Crippen LogP contribution in [-0.2, 0) is 14.3 Å². The molecule has 0 radical (unpaired) electrons. The van der Waals surface area contributed by atoms with Gasteiger partial charge in [0.05, 0.1) is 31.3 Å². The van der Waals surface area contributed by atoms with Crippen LogP contribution < -0.4 is 5.32 Å². The topological polar surface area (TPSA) is 84.9 Å². The number of alkyl carbamates (subject to hydrolysis) is 1. The van der Waals surface area contributed by atoms with Crippen molar-refractivity contribution < 1.29 is 24.2 Å². The fourth-order valence-electron chi connectivity index (χ4n) is 1.88. The Bertz CT molecular complexity index is 336. The summed E-state index contributed by atoms with van der Waals surface area (Å²) >= 11 is 0. The lowest BCUT2D eigenvalue weighted by Gasteiger charge is -2.30. The number of amides is 1. The van der Waals surface area contributed by atoms with Gasteiger partial charge in [-0.15, -0.1) is 0 Å². The molecule has 3 atom stereocenters. The van der Waals surface area contributed by atoms with E-state index in [-0.39, 0.29) is 12.4 Å². The standard InChI is InChI=1S/C13H23NO5/c1-8(14-12(17)19-13(2,3)4)11(16)9-7-18-6-5-10(9)15/h8-9,11,16H,5-7H2,1-4H3,(H,14,17)/t8-,9?,11?/m0/s1. The summed E-state index contributed by atoms with van der Waals surface area (Å²) in [4.78, 5) is 23.2. The van der Waals surface area contributed by atoms with Gasteiger partial charge in [0.25, 0.3) is 0 Å². The average molecular weight is 273 g/mol. The molecular formula is C13H23NO5. The number of carbonyl (C=O) groups is 2. The van der Waals surface area contributed by atoms with Crippen LogP contribution in [0, 0.1) is 5.92 Å². The molecule has 19 heavy (non-hydrogen) atoms. The predicted molar refractivity (Wildman–Crippen MR) is 68.8 cm³/mol. The van der Waals surface area contributed by atoms with Crippen LogP contribution >= 0.6 is 0 Å². The van der Waals surface area contributed by atoms with Gasteiger partial charge < -0.3 is 19.9 Å². The monoisotopic (exact) mass is 273 g/mol. The van der Waals surface area contributed by atoms with Gasteiger partial charge in [-0.1, -0.05) is 0 Å². The van der Waals surface area contributed by atoms with Gasteiger partial charge in [0.1, 0.15) is 11.4 Å². The number of ketones is 1. The summed E-state index contributed by atoms with van der Waals surface area (Å²) < 4.78 is 10.3.